The van der Waals surface area contributed by atoms with Crippen molar-refractivity contribution in [2.45, 2.75) is 12.8 Å². The number of piperidine rings is 1. The van der Waals surface area contributed by atoms with Gasteiger partial charge in [0.1, 0.15) is 0 Å². The molecule has 108 valence electrons. The van der Waals surface area contributed by atoms with Crippen molar-refractivity contribution in [2.75, 3.05) is 25.0 Å². The molecule has 1 fully saturated rings. The smallest absolute Gasteiger partial charge is 0.313 e. The minimum atomic E-state index is -0.675. The Bertz CT molecular complexity index is 507. The van der Waals surface area contributed by atoms with Crippen molar-refractivity contribution in [1.82, 2.24) is 4.90 Å². The number of nitrogens with one attached hydrogen (secondary N) is 1. The Morgan fingerprint density at radius 3 is 2.95 bits per heavy atom. The van der Waals surface area contributed by atoms with Crippen molar-refractivity contribution >= 4 is 29.1 Å². The normalized spacial score (nSPS) is 18.7. The summed E-state index contributed by atoms with van der Waals surface area (Å²) >= 11 is 5.82. The van der Waals surface area contributed by atoms with Crippen LogP contribution in [0, 0.1) is 5.92 Å². The first-order chi connectivity index (χ1) is 9.60. The van der Waals surface area contributed by atoms with Crippen LogP contribution in [0.15, 0.2) is 24.3 Å². The maximum Gasteiger partial charge on any atom is 0.313 e. The summed E-state index contributed by atoms with van der Waals surface area (Å²) < 4.78 is 0. The number of nitrogens with zero attached hydrogens (tertiary/aromatic N) is 1. The number of aliphatic hydroxyl groups excluding tert-OH is 1. The molecule has 0 radical (unpaired) electrons. The summed E-state index contributed by atoms with van der Waals surface area (Å²) in [5, 5.41) is 12.2. The molecule has 0 aromatic heterocycles. The Hall–Kier alpha value is -1.59. The SMILES string of the molecule is O=C(Nc1cccc(Cl)c1)C(=O)N1CCCC(CO)C1. The molecule has 2 N–H and O–H groups in total. The Morgan fingerprint density at radius 2 is 2.25 bits per heavy atom. The Labute approximate surface area is 122 Å². The van der Waals surface area contributed by atoms with Gasteiger partial charge in [-0.1, -0.05) is 17.7 Å². The summed E-state index contributed by atoms with van der Waals surface area (Å²) in [6, 6.07) is 6.64. The number of aliphatic hydroxyl groups is 1. The van der Waals surface area contributed by atoms with Crippen LogP contribution >= 0.6 is 11.6 Å². The average Bonchev–Trinajstić information content (AvgIpc) is 2.46. The average molecular weight is 297 g/mol. The lowest BCUT2D eigenvalue weighted by atomic mass is 9.99. The molecule has 2 amide bonds. The molecule has 0 saturated carbocycles. The third-order valence-corrected chi connectivity index (χ3v) is 3.58. The molecule has 1 aliphatic heterocycles. The third-order valence-electron chi connectivity index (χ3n) is 3.34. The van der Waals surface area contributed by atoms with Gasteiger partial charge in [0.15, 0.2) is 0 Å². The van der Waals surface area contributed by atoms with Gasteiger partial charge in [-0.05, 0) is 37.0 Å². The van der Waals surface area contributed by atoms with E-state index in [4.69, 9.17) is 16.7 Å². The quantitative estimate of drug-likeness (QED) is 0.813. The highest BCUT2D eigenvalue weighted by atomic mass is 35.5. The molecule has 5 nitrogen and oxygen atoms in total. The van der Waals surface area contributed by atoms with Gasteiger partial charge in [0.2, 0.25) is 0 Å². The molecule has 6 heteroatoms. The van der Waals surface area contributed by atoms with Gasteiger partial charge in [-0.15, -0.1) is 0 Å². The predicted molar refractivity (Wildman–Crippen MR) is 76.5 cm³/mol. The van der Waals surface area contributed by atoms with Gasteiger partial charge in [-0.3, -0.25) is 9.59 Å². The largest absolute Gasteiger partial charge is 0.396 e. The minimum absolute atomic E-state index is 0.0414. The maximum absolute atomic E-state index is 12.0. The topological polar surface area (TPSA) is 69.6 Å². The number of carbonyl (C=O) groups is 2. The lowest BCUT2D eigenvalue weighted by molar-refractivity contribution is -0.144. The summed E-state index contributed by atoms with van der Waals surface area (Å²) in [5.41, 5.74) is 0.492. The molecule has 2 rings (SSSR count). The van der Waals surface area contributed by atoms with Crippen LogP contribution in [-0.2, 0) is 9.59 Å². The van der Waals surface area contributed by atoms with E-state index >= 15 is 0 Å². The molecule has 0 aliphatic carbocycles. The van der Waals surface area contributed by atoms with Crippen molar-refractivity contribution in [3.8, 4) is 0 Å². The van der Waals surface area contributed by atoms with Crippen LogP contribution < -0.4 is 5.32 Å². The van der Waals surface area contributed by atoms with Crippen LogP contribution in [0.1, 0.15) is 12.8 Å². The van der Waals surface area contributed by atoms with Crippen molar-refractivity contribution in [1.29, 1.82) is 0 Å². The fraction of sp³-hybridized carbons (Fsp3) is 0.429. The number of carbonyl (C=O) groups excluding carboxylic acids is 2. The summed E-state index contributed by atoms with van der Waals surface area (Å²) in [7, 11) is 0. The van der Waals surface area contributed by atoms with Crippen LogP contribution in [0.25, 0.3) is 0 Å². The molecule has 1 aliphatic rings. The van der Waals surface area contributed by atoms with E-state index in [1.54, 1.807) is 24.3 Å². The Morgan fingerprint density at radius 1 is 1.45 bits per heavy atom. The van der Waals surface area contributed by atoms with E-state index in [2.05, 4.69) is 5.32 Å². The summed E-state index contributed by atoms with van der Waals surface area (Å²) in [5.74, 6) is -1.18. The second-order valence-corrected chi connectivity index (χ2v) is 5.34. The number of hydrogen-bond donors (Lipinski definition) is 2. The number of likely N-dealkylation sites (tertiary alicyclic amines) is 1. The molecule has 1 atom stereocenters. The summed E-state index contributed by atoms with van der Waals surface area (Å²) in [6.07, 6.45) is 1.69. The van der Waals surface area contributed by atoms with Crippen molar-refractivity contribution in [3.05, 3.63) is 29.3 Å². The van der Waals surface area contributed by atoms with Crippen LogP contribution in [0.3, 0.4) is 0 Å². The van der Waals surface area contributed by atoms with E-state index in [-0.39, 0.29) is 12.5 Å². The van der Waals surface area contributed by atoms with Crippen LogP contribution in [0.5, 0.6) is 0 Å². The lowest BCUT2D eigenvalue weighted by Gasteiger charge is -2.31. The fourth-order valence-corrected chi connectivity index (χ4v) is 2.48. The van der Waals surface area contributed by atoms with Gasteiger partial charge in [0.05, 0.1) is 0 Å². The van der Waals surface area contributed by atoms with Gasteiger partial charge in [-0.25, -0.2) is 0 Å². The molecular formula is C14H17ClN2O3. The highest BCUT2D eigenvalue weighted by Gasteiger charge is 2.27. The predicted octanol–water partition coefficient (Wildman–Crippen LogP) is 1.51. The molecule has 0 bridgehead atoms. The van der Waals surface area contributed by atoms with Crippen LogP contribution in [-0.4, -0.2) is 41.5 Å². The maximum atomic E-state index is 12.0. The molecule has 1 aromatic carbocycles. The van der Waals surface area contributed by atoms with Gasteiger partial charge >= 0.3 is 11.8 Å². The highest BCUT2D eigenvalue weighted by molar-refractivity contribution is 6.39. The van der Waals surface area contributed by atoms with E-state index in [0.29, 0.717) is 23.8 Å². The number of halogens is 1. The second kappa shape index (κ2) is 6.72. The minimum Gasteiger partial charge on any atom is -0.396 e. The first-order valence-corrected chi connectivity index (χ1v) is 6.94. The molecule has 1 aromatic rings. The summed E-state index contributed by atoms with van der Waals surface area (Å²) in [6.45, 7) is 1.02. The molecule has 1 unspecified atom stereocenters. The van der Waals surface area contributed by atoms with Crippen molar-refractivity contribution < 1.29 is 14.7 Å². The Balaban J connectivity index is 1.96. The lowest BCUT2D eigenvalue weighted by Crippen LogP contribution is -2.45. The zero-order chi connectivity index (χ0) is 14.5. The number of amides is 2. The molecular weight excluding hydrogens is 280 g/mol. The van der Waals surface area contributed by atoms with E-state index in [1.165, 1.54) is 4.90 Å². The van der Waals surface area contributed by atoms with E-state index < -0.39 is 11.8 Å². The standard InChI is InChI=1S/C14H17ClN2O3/c15-11-4-1-5-12(7-11)16-13(19)14(20)17-6-2-3-10(8-17)9-18/h1,4-5,7,10,18H,2-3,6,8-9H2,(H,16,19). The van der Waals surface area contributed by atoms with E-state index in [1.807, 2.05) is 0 Å². The third kappa shape index (κ3) is 3.71. The number of benzene rings is 1. The molecule has 20 heavy (non-hydrogen) atoms. The van der Waals surface area contributed by atoms with Gasteiger partial charge in [0, 0.05) is 30.4 Å². The van der Waals surface area contributed by atoms with E-state index in [9.17, 15) is 9.59 Å². The zero-order valence-corrected chi connectivity index (χ0v) is 11.8. The Kier molecular flexibility index (Phi) is 4.98. The molecule has 1 heterocycles. The summed E-state index contributed by atoms with van der Waals surface area (Å²) in [4.78, 5) is 25.4. The van der Waals surface area contributed by atoms with Gasteiger partial charge in [0.25, 0.3) is 0 Å². The van der Waals surface area contributed by atoms with Gasteiger partial charge < -0.3 is 15.3 Å². The zero-order valence-electron chi connectivity index (χ0n) is 11.0. The van der Waals surface area contributed by atoms with Crippen LogP contribution in [0.4, 0.5) is 5.69 Å². The first kappa shape index (κ1) is 14.8. The molecule has 1 saturated heterocycles. The van der Waals surface area contributed by atoms with Crippen molar-refractivity contribution in [3.63, 3.8) is 0 Å². The van der Waals surface area contributed by atoms with Crippen molar-refractivity contribution in [2.24, 2.45) is 5.92 Å². The second-order valence-electron chi connectivity index (χ2n) is 4.91. The van der Waals surface area contributed by atoms with Gasteiger partial charge in [-0.2, -0.15) is 0 Å². The number of hydrogen-bond acceptors (Lipinski definition) is 3. The number of rotatable bonds is 2. The highest BCUT2D eigenvalue weighted by Crippen LogP contribution is 2.17. The first-order valence-electron chi connectivity index (χ1n) is 6.57. The van der Waals surface area contributed by atoms with E-state index in [0.717, 1.165) is 12.8 Å². The number of anilines is 1. The van der Waals surface area contributed by atoms with Crippen LogP contribution in [0.2, 0.25) is 5.02 Å². The fourth-order valence-electron chi connectivity index (χ4n) is 2.29. The molecule has 0 spiro atoms. The monoisotopic (exact) mass is 296 g/mol.